The van der Waals surface area contributed by atoms with Crippen LogP contribution in [-0.2, 0) is 11.3 Å². The Morgan fingerprint density at radius 3 is 2.63 bits per heavy atom. The zero-order chi connectivity index (χ0) is 13.3. The molecule has 0 bridgehead atoms. The first kappa shape index (κ1) is 12.9. The van der Waals surface area contributed by atoms with Gasteiger partial charge in [-0.3, -0.25) is 4.90 Å². The number of likely N-dealkylation sites (tertiary alicyclic amines) is 1. The van der Waals surface area contributed by atoms with Crippen LogP contribution in [0.15, 0.2) is 28.2 Å². The third kappa shape index (κ3) is 2.93. The fourth-order valence-corrected chi connectivity index (χ4v) is 3.15. The van der Waals surface area contributed by atoms with Crippen molar-refractivity contribution in [3.8, 4) is 0 Å². The van der Waals surface area contributed by atoms with E-state index >= 15 is 0 Å². The fraction of sp³-hybridized carbons (Fsp3) is 0.625. The molecule has 2 aliphatic rings. The van der Waals surface area contributed by atoms with Crippen LogP contribution in [0.5, 0.6) is 0 Å². The van der Waals surface area contributed by atoms with Crippen LogP contribution in [0.3, 0.4) is 0 Å². The number of hydrogen-bond donors (Lipinski definition) is 0. The Balaban J connectivity index is 1.59. The highest BCUT2D eigenvalue weighted by Gasteiger charge is 2.35. The van der Waals surface area contributed by atoms with Gasteiger partial charge in [0.25, 0.3) is 0 Å². The van der Waals surface area contributed by atoms with Gasteiger partial charge in [-0.05, 0) is 45.2 Å². The molecule has 3 nitrogen and oxygen atoms in total. The van der Waals surface area contributed by atoms with E-state index in [0.29, 0.717) is 0 Å². The average molecular weight is 261 g/mol. The maximum Gasteiger partial charge on any atom is 0.118 e. The van der Waals surface area contributed by atoms with Gasteiger partial charge in [-0.1, -0.05) is 11.6 Å². The Bertz CT molecular complexity index is 467. The molecule has 0 amide bonds. The monoisotopic (exact) mass is 261 g/mol. The number of piperidine rings is 1. The third-order valence-corrected chi connectivity index (χ3v) is 4.27. The summed E-state index contributed by atoms with van der Waals surface area (Å²) in [6.45, 7) is 8.21. The van der Waals surface area contributed by atoms with E-state index in [1.54, 1.807) is 0 Å². The van der Waals surface area contributed by atoms with Gasteiger partial charge in [0.15, 0.2) is 0 Å². The van der Waals surface area contributed by atoms with Crippen LogP contribution in [0.1, 0.15) is 37.7 Å². The van der Waals surface area contributed by atoms with Gasteiger partial charge in [-0.2, -0.15) is 0 Å². The van der Waals surface area contributed by atoms with Crippen LogP contribution in [-0.4, -0.2) is 30.2 Å². The van der Waals surface area contributed by atoms with Crippen LogP contribution in [0, 0.1) is 6.92 Å². The van der Waals surface area contributed by atoms with Crippen LogP contribution < -0.4 is 0 Å². The summed E-state index contributed by atoms with van der Waals surface area (Å²) in [4.78, 5) is 2.46. The molecule has 0 atom stereocenters. The first-order chi connectivity index (χ1) is 9.15. The van der Waals surface area contributed by atoms with Crippen molar-refractivity contribution >= 4 is 0 Å². The smallest absolute Gasteiger partial charge is 0.118 e. The molecule has 0 N–H and O–H groups in total. The predicted octanol–water partition coefficient (Wildman–Crippen LogP) is 3.29. The maximum absolute atomic E-state index is 6.05. The van der Waals surface area contributed by atoms with Gasteiger partial charge in [0.05, 0.1) is 18.8 Å². The minimum Gasteiger partial charge on any atom is -0.465 e. The van der Waals surface area contributed by atoms with E-state index in [-0.39, 0.29) is 5.60 Å². The summed E-state index contributed by atoms with van der Waals surface area (Å²) in [6, 6.07) is 4.12. The van der Waals surface area contributed by atoms with Crippen molar-refractivity contribution in [1.29, 1.82) is 0 Å². The van der Waals surface area contributed by atoms with E-state index in [0.717, 1.165) is 57.0 Å². The van der Waals surface area contributed by atoms with Crippen molar-refractivity contribution < 1.29 is 9.15 Å². The molecular formula is C16H23NO2. The topological polar surface area (TPSA) is 25.6 Å². The van der Waals surface area contributed by atoms with E-state index in [1.807, 2.05) is 13.0 Å². The number of rotatable bonds is 2. The number of hydrogen-bond acceptors (Lipinski definition) is 3. The lowest BCUT2D eigenvalue weighted by Gasteiger charge is -2.42. The zero-order valence-corrected chi connectivity index (χ0v) is 11.9. The first-order valence-electron chi connectivity index (χ1n) is 7.25. The molecule has 3 heteroatoms. The lowest BCUT2D eigenvalue weighted by molar-refractivity contribution is -0.0584. The number of furan rings is 1. The van der Waals surface area contributed by atoms with Gasteiger partial charge >= 0.3 is 0 Å². The van der Waals surface area contributed by atoms with E-state index in [4.69, 9.17) is 9.15 Å². The average Bonchev–Trinajstić information content (AvgIpc) is 2.78. The molecule has 1 spiro atoms. The molecular weight excluding hydrogens is 238 g/mol. The quantitative estimate of drug-likeness (QED) is 0.764. The fourth-order valence-electron chi connectivity index (χ4n) is 3.15. The molecule has 104 valence electrons. The van der Waals surface area contributed by atoms with Crippen LogP contribution >= 0.6 is 0 Å². The number of ether oxygens (including phenoxy) is 1. The Labute approximate surface area is 115 Å². The molecule has 3 heterocycles. The molecule has 19 heavy (non-hydrogen) atoms. The van der Waals surface area contributed by atoms with Gasteiger partial charge in [0.1, 0.15) is 11.5 Å². The van der Waals surface area contributed by atoms with Gasteiger partial charge in [0, 0.05) is 13.1 Å². The van der Waals surface area contributed by atoms with Crippen molar-refractivity contribution in [2.45, 2.75) is 45.3 Å². The van der Waals surface area contributed by atoms with E-state index in [9.17, 15) is 0 Å². The second-order valence-corrected chi connectivity index (χ2v) is 5.94. The van der Waals surface area contributed by atoms with Crippen molar-refractivity contribution in [2.75, 3.05) is 19.7 Å². The standard InChI is InChI=1S/C16H23NO2/c1-13-5-10-18-16(11-13)6-8-17(9-7-16)12-15-4-3-14(2)19-15/h3-4,11H,5-10,12H2,1-2H3. The van der Waals surface area contributed by atoms with Crippen LogP contribution in [0.4, 0.5) is 0 Å². The minimum atomic E-state index is 0.0257. The third-order valence-electron chi connectivity index (χ3n) is 4.27. The highest BCUT2D eigenvalue weighted by molar-refractivity contribution is 5.14. The predicted molar refractivity (Wildman–Crippen MR) is 75.0 cm³/mol. The van der Waals surface area contributed by atoms with Gasteiger partial charge in [0.2, 0.25) is 0 Å². The molecule has 1 fully saturated rings. The molecule has 2 aliphatic heterocycles. The summed E-state index contributed by atoms with van der Waals surface area (Å²) >= 11 is 0. The Kier molecular flexibility index (Phi) is 3.50. The molecule has 0 aromatic carbocycles. The SMILES string of the molecule is CC1=CC2(CCN(Cc3ccc(C)o3)CC2)OCC1. The summed E-state index contributed by atoms with van der Waals surface area (Å²) in [6.07, 6.45) is 5.66. The highest BCUT2D eigenvalue weighted by Crippen LogP contribution is 2.33. The second-order valence-electron chi connectivity index (χ2n) is 5.94. The first-order valence-corrected chi connectivity index (χ1v) is 7.25. The lowest BCUT2D eigenvalue weighted by atomic mass is 9.87. The van der Waals surface area contributed by atoms with E-state index in [2.05, 4.69) is 24.0 Å². The molecule has 0 unspecified atom stereocenters. The molecule has 0 aliphatic carbocycles. The highest BCUT2D eigenvalue weighted by atomic mass is 16.5. The summed E-state index contributed by atoms with van der Waals surface area (Å²) in [5.41, 5.74) is 1.51. The molecule has 0 saturated carbocycles. The Hall–Kier alpha value is -1.06. The van der Waals surface area contributed by atoms with Crippen molar-refractivity contribution in [3.63, 3.8) is 0 Å². The number of aryl methyl sites for hydroxylation is 1. The van der Waals surface area contributed by atoms with Crippen LogP contribution in [0.2, 0.25) is 0 Å². The van der Waals surface area contributed by atoms with Crippen LogP contribution in [0.25, 0.3) is 0 Å². The van der Waals surface area contributed by atoms with E-state index in [1.165, 1.54) is 5.57 Å². The summed E-state index contributed by atoms with van der Waals surface area (Å²) in [5, 5.41) is 0. The van der Waals surface area contributed by atoms with E-state index < -0.39 is 0 Å². The van der Waals surface area contributed by atoms with Gasteiger partial charge in [-0.25, -0.2) is 0 Å². The molecule has 0 radical (unpaired) electrons. The molecule has 1 aromatic heterocycles. The minimum absolute atomic E-state index is 0.0257. The largest absolute Gasteiger partial charge is 0.465 e. The van der Waals surface area contributed by atoms with Gasteiger partial charge in [-0.15, -0.1) is 0 Å². The molecule has 3 rings (SSSR count). The van der Waals surface area contributed by atoms with Gasteiger partial charge < -0.3 is 9.15 Å². The summed E-state index contributed by atoms with van der Waals surface area (Å²) in [5.74, 6) is 2.07. The Morgan fingerprint density at radius 2 is 2.00 bits per heavy atom. The second kappa shape index (κ2) is 5.14. The van der Waals surface area contributed by atoms with Crippen molar-refractivity contribution in [3.05, 3.63) is 35.3 Å². The van der Waals surface area contributed by atoms with Crippen molar-refractivity contribution in [2.24, 2.45) is 0 Å². The molecule has 1 aromatic rings. The van der Waals surface area contributed by atoms with Crippen molar-refractivity contribution in [1.82, 2.24) is 4.90 Å². The number of nitrogens with zero attached hydrogens (tertiary/aromatic N) is 1. The Morgan fingerprint density at radius 1 is 1.21 bits per heavy atom. The summed E-state index contributed by atoms with van der Waals surface area (Å²) in [7, 11) is 0. The molecule has 1 saturated heterocycles. The maximum atomic E-state index is 6.05. The normalized spacial score (nSPS) is 23.6. The zero-order valence-electron chi connectivity index (χ0n) is 11.9. The lowest BCUT2D eigenvalue weighted by Crippen LogP contribution is -2.46. The summed E-state index contributed by atoms with van der Waals surface area (Å²) < 4.78 is 11.7.